The molecule has 4 rings (SSSR count). The molecule has 1 heterocycles. The topological polar surface area (TPSA) is 71.0 Å². The molecule has 0 spiro atoms. The Bertz CT molecular complexity index is 1010. The monoisotopic (exact) mass is 391 g/mol. The number of rotatable bonds is 4. The molecule has 1 saturated carbocycles. The van der Waals surface area contributed by atoms with E-state index in [0.717, 1.165) is 41.8 Å². The average molecular weight is 391 g/mol. The summed E-state index contributed by atoms with van der Waals surface area (Å²) in [4.78, 5) is 32.6. The third-order valence-electron chi connectivity index (χ3n) is 5.72. The number of methoxy groups -OCH3 is 1. The van der Waals surface area contributed by atoms with E-state index in [-0.39, 0.29) is 24.3 Å². The quantitative estimate of drug-likeness (QED) is 0.850. The Balaban J connectivity index is 1.67. The Kier molecular flexibility index (Phi) is 5.09. The lowest BCUT2D eigenvalue weighted by Crippen LogP contribution is -2.42. The summed E-state index contributed by atoms with van der Waals surface area (Å²) < 4.78 is 5.31. The molecule has 1 N–H and O–H groups in total. The molecule has 0 bridgehead atoms. The van der Waals surface area contributed by atoms with Gasteiger partial charge in [-0.15, -0.1) is 0 Å². The van der Waals surface area contributed by atoms with Gasteiger partial charge in [0.15, 0.2) is 0 Å². The van der Waals surface area contributed by atoms with Crippen LogP contribution in [0.15, 0.2) is 41.4 Å². The predicted octanol–water partition coefficient (Wildman–Crippen LogP) is 4.17. The van der Waals surface area contributed by atoms with E-state index in [1.807, 2.05) is 38.1 Å². The van der Waals surface area contributed by atoms with E-state index in [9.17, 15) is 9.59 Å². The second-order valence-electron chi connectivity index (χ2n) is 7.65. The number of carbonyl (C=O) groups excluding carboxylic acids is 2. The minimum Gasteiger partial charge on any atom is -0.495 e. The number of nitrogens with zero attached hydrogens (tertiary/aromatic N) is 2. The van der Waals surface area contributed by atoms with Crippen LogP contribution in [0, 0.1) is 19.8 Å². The van der Waals surface area contributed by atoms with Crippen LogP contribution < -0.4 is 15.0 Å². The number of benzene rings is 2. The highest BCUT2D eigenvalue weighted by Gasteiger charge is 2.37. The van der Waals surface area contributed by atoms with Crippen molar-refractivity contribution in [1.82, 2.24) is 0 Å². The minimum atomic E-state index is -0.270. The van der Waals surface area contributed by atoms with Gasteiger partial charge in [-0.25, -0.2) is 0 Å². The van der Waals surface area contributed by atoms with Crippen molar-refractivity contribution in [2.24, 2.45) is 10.9 Å². The van der Waals surface area contributed by atoms with Gasteiger partial charge in [0.05, 0.1) is 30.1 Å². The zero-order valence-corrected chi connectivity index (χ0v) is 17.0. The summed E-state index contributed by atoms with van der Waals surface area (Å²) in [6, 6.07) is 11.2. The van der Waals surface area contributed by atoms with E-state index < -0.39 is 0 Å². The molecule has 6 nitrogen and oxygen atoms in total. The Morgan fingerprint density at radius 2 is 2.00 bits per heavy atom. The molecule has 1 aliphatic carbocycles. The molecule has 2 aromatic rings. The van der Waals surface area contributed by atoms with E-state index in [1.165, 1.54) is 0 Å². The third kappa shape index (κ3) is 3.62. The summed E-state index contributed by atoms with van der Waals surface area (Å²) in [6.45, 7) is 3.98. The highest BCUT2D eigenvalue weighted by atomic mass is 16.5. The highest BCUT2D eigenvalue weighted by Crippen LogP contribution is 2.39. The molecule has 1 unspecified atom stereocenters. The molecule has 150 valence electrons. The zero-order valence-electron chi connectivity index (χ0n) is 17.0. The van der Waals surface area contributed by atoms with Gasteiger partial charge in [0, 0.05) is 5.71 Å². The number of ether oxygens (including phenoxy) is 1. The predicted molar refractivity (Wildman–Crippen MR) is 114 cm³/mol. The first-order valence-electron chi connectivity index (χ1n) is 9.91. The summed E-state index contributed by atoms with van der Waals surface area (Å²) in [5, 5.41) is 2.87. The van der Waals surface area contributed by atoms with Gasteiger partial charge in [0.2, 0.25) is 11.8 Å². The van der Waals surface area contributed by atoms with Gasteiger partial charge in [-0.1, -0.05) is 12.1 Å². The molecule has 6 heteroatoms. The van der Waals surface area contributed by atoms with Crippen LogP contribution in [0.2, 0.25) is 0 Å². The van der Waals surface area contributed by atoms with Gasteiger partial charge in [-0.05, 0) is 68.5 Å². The van der Waals surface area contributed by atoms with Crippen LogP contribution in [0.4, 0.5) is 17.1 Å². The second kappa shape index (κ2) is 7.70. The molecule has 0 aromatic heterocycles. The Morgan fingerprint density at radius 3 is 2.79 bits per heavy atom. The summed E-state index contributed by atoms with van der Waals surface area (Å²) in [7, 11) is 1.56. The van der Waals surface area contributed by atoms with Gasteiger partial charge >= 0.3 is 0 Å². The molecule has 1 aliphatic heterocycles. The molecule has 2 aliphatic rings. The number of aliphatic imine (C=N–C) groups is 1. The first-order valence-corrected chi connectivity index (χ1v) is 9.91. The van der Waals surface area contributed by atoms with Crippen molar-refractivity contribution in [2.75, 3.05) is 23.9 Å². The fourth-order valence-electron chi connectivity index (χ4n) is 4.03. The molecular weight excluding hydrogens is 366 g/mol. The molecule has 0 radical (unpaired) electrons. The maximum atomic E-state index is 13.3. The highest BCUT2D eigenvalue weighted by molar-refractivity contribution is 6.17. The van der Waals surface area contributed by atoms with Gasteiger partial charge in [-0.3, -0.25) is 14.6 Å². The first-order chi connectivity index (χ1) is 14.0. The van der Waals surface area contributed by atoms with Gasteiger partial charge in [-0.2, -0.15) is 0 Å². The van der Waals surface area contributed by atoms with Gasteiger partial charge in [0.1, 0.15) is 12.3 Å². The Hall–Kier alpha value is -3.15. The molecular formula is C23H25N3O3. The van der Waals surface area contributed by atoms with E-state index in [0.29, 0.717) is 17.1 Å². The van der Waals surface area contributed by atoms with Crippen molar-refractivity contribution in [3.8, 4) is 5.75 Å². The SMILES string of the molecule is COc1ccccc1NC(=O)CN1C(=O)C2CCCC2=Nc2cc(C)c(C)cc21. The van der Waals surface area contributed by atoms with Crippen molar-refractivity contribution in [3.05, 3.63) is 47.5 Å². The lowest BCUT2D eigenvalue weighted by atomic mass is 10.0. The summed E-state index contributed by atoms with van der Waals surface area (Å²) in [5.74, 6) is 0.0327. The number of hydrogen-bond donors (Lipinski definition) is 1. The number of para-hydroxylation sites is 2. The normalized spacial score (nSPS) is 17.9. The maximum absolute atomic E-state index is 13.3. The number of carbonyl (C=O) groups is 2. The van der Waals surface area contributed by atoms with Crippen molar-refractivity contribution in [2.45, 2.75) is 33.1 Å². The second-order valence-corrected chi connectivity index (χ2v) is 7.65. The minimum absolute atomic E-state index is 0.0431. The molecule has 29 heavy (non-hydrogen) atoms. The third-order valence-corrected chi connectivity index (χ3v) is 5.72. The van der Waals surface area contributed by atoms with Gasteiger partial charge < -0.3 is 15.0 Å². The van der Waals surface area contributed by atoms with E-state index in [1.54, 1.807) is 24.1 Å². The summed E-state index contributed by atoms with van der Waals surface area (Å²) in [5.41, 5.74) is 5.18. The summed E-state index contributed by atoms with van der Waals surface area (Å²) >= 11 is 0. The van der Waals surface area contributed by atoms with E-state index in [2.05, 4.69) is 5.32 Å². The van der Waals surface area contributed by atoms with E-state index >= 15 is 0 Å². The molecule has 0 saturated heterocycles. The van der Waals surface area contributed by atoms with E-state index in [4.69, 9.17) is 9.73 Å². The number of fused-ring (bicyclic) bond motifs is 2. The van der Waals surface area contributed by atoms with Crippen LogP contribution in [0.3, 0.4) is 0 Å². The molecule has 2 aromatic carbocycles. The lowest BCUT2D eigenvalue weighted by molar-refractivity contribution is -0.123. The smallest absolute Gasteiger partial charge is 0.244 e. The fourth-order valence-corrected chi connectivity index (χ4v) is 4.03. The van der Waals surface area contributed by atoms with Crippen molar-refractivity contribution in [1.29, 1.82) is 0 Å². The van der Waals surface area contributed by atoms with Crippen LogP contribution in [0.25, 0.3) is 0 Å². The Labute approximate surface area is 170 Å². The van der Waals surface area contributed by atoms with Crippen molar-refractivity contribution < 1.29 is 14.3 Å². The van der Waals surface area contributed by atoms with Gasteiger partial charge in [0.25, 0.3) is 0 Å². The zero-order chi connectivity index (χ0) is 20.5. The average Bonchev–Trinajstić information content (AvgIpc) is 3.13. The largest absolute Gasteiger partial charge is 0.495 e. The molecule has 1 fully saturated rings. The van der Waals surface area contributed by atoms with Crippen molar-refractivity contribution >= 4 is 34.6 Å². The number of amides is 2. The number of anilines is 2. The van der Waals surface area contributed by atoms with Crippen LogP contribution >= 0.6 is 0 Å². The van der Waals surface area contributed by atoms with Crippen LogP contribution in [0.5, 0.6) is 5.75 Å². The molecule has 1 atom stereocenters. The number of aryl methyl sites for hydroxylation is 2. The van der Waals surface area contributed by atoms with Crippen LogP contribution in [0.1, 0.15) is 30.4 Å². The molecule has 2 amide bonds. The standard InChI is InChI=1S/C23H25N3O3/c1-14-11-19-20(12-15(14)2)26(23(28)16-7-6-9-17(16)24-19)13-22(27)25-18-8-4-5-10-21(18)29-3/h4-5,8,10-12,16H,6-7,9,13H2,1-3H3,(H,25,27). The maximum Gasteiger partial charge on any atom is 0.244 e. The number of nitrogens with one attached hydrogen (secondary N) is 1. The number of hydrogen-bond acceptors (Lipinski definition) is 4. The summed E-state index contributed by atoms with van der Waals surface area (Å²) in [6.07, 6.45) is 2.58. The van der Waals surface area contributed by atoms with Crippen LogP contribution in [-0.2, 0) is 9.59 Å². The lowest BCUT2D eigenvalue weighted by Gasteiger charge is -2.25. The van der Waals surface area contributed by atoms with Crippen LogP contribution in [-0.4, -0.2) is 31.2 Å². The first kappa shape index (κ1) is 19.2. The fraction of sp³-hybridized carbons (Fsp3) is 0.348. The Morgan fingerprint density at radius 1 is 1.24 bits per heavy atom. The van der Waals surface area contributed by atoms with Crippen molar-refractivity contribution in [3.63, 3.8) is 0 Å².